The number of aliphatic hydroxyl groups excluding tert-OH is 1. The lowest BCUT2D eigenvalue weighted by atomic mass is 10.1. The highest BCUT2D eigenvalue weighted by molar-refractivity contribution is 6.05. The smallest absolute Gasteiger partial charge is 0.326 e. The lowest BCUT2D eigenvalue weighted by Crippen LogP contribution is -2.55. The minimum absolute atomic E-state index is 0.00477. The number of ether oxygens (including phenoxy) is 1. The zero-order valence-corrected chi connectivity index (χ0v) is 20.1. The normalized spacial score (nSPS) is 20.2. The fraction of sp³-hybridized carbons (Fsp3) is 0.320. The Balaban J connectivity index is 1.50. The van der Waals surface area contributed by atoms with E-state index in [0.29, 0.717) is 12.0 Å². The Hall–Kier alpha value is -4.36. The number of benzene rings is 2. The fourth-order valence-corrected chi connectivity index (χ4v) is 4.46. The zero-order valence-electron chi connectivity index (χ0n) is 20.1. The van der Waals surface area contributed by atoms with Crippen molar-refractivity contribution in [1.29, 1.82) is 5.41 Å². The van der Waals surface area contributed by atoms with E-state index in [1.165, 1.54) is 30.3 Å². The molecule has 2 saturated heterocycles. The number of nitrogens with zero attached hydrogens (tertiary/aromatic N) is 2. The molecule has 2 aromatic carbocycles. The number of anilines is 2. The van der Waals surface area contributed by atoms with E-state index >= 15 is 0 Å². The third kappa shape index (κ3) is 5.48. The SMILES string of the molecule is N=C(N)c1ccc(NC(=O)[C@H](O)[C@H]2OCCN(c3cc(F)cc(C(=O)N4CCCC4C(=O)O)c3)C2=O)cc1. The highest BCUT2D eigenvalue weighted by atomic mass is 19.1. The van der Waals surface area contributed by atoms with Gasteiger partial charge >= 0.3 is 5.97 Å². The van der Waals surface area contributed by atoms with Crippen molar-refractivity contribution in [2.24, 2.45) is 5.73 Å². The Bertz CT molecular complexity index is 1290. The number of halogens is 1. The van der Waals surface area contributed by atoms with Crippen molar-refractivity contribution in [2.75, 3.05) is 29.9 Å². The van der Waals surface area contributed by atoms with Crippen molar-refractivity contribution < 1.29 is 38.5 Å². The molecule has 200 valence electrons. The van der Waals surface area contributed by atoms with E-state index in [1.807, 2.05) is 0 Å². The molecule has 12 nitrogen and oxygen atoms in total. The van der Waals surface area contributed by atoms with Gasteiger partial charge in [-0.1, -0.05) is 0 Å². The summed E-state index contributed by atoms with van der Waals surface area (Å²) in [4.78, 5) is 52.5. The number of hydrogen-bond acceptors (Lipinski definition) is 7. The van der Waals surface area contributed by atoms with Crippen LogP contribution in [0.5, 0.6) is 0 Å². The Morgan fingerprint density at radius 3 is 2.50 bits per heavy atom. The number of carboxylic acids is 1. The molecule has 2 fully saturated rings. The van der Waals surface area contributed by atoms with E-state index in [4.69, 9.17) is 15.9 Å². The summed E-state index contributed by atoms with van der Waals surface area (Å²) in [6.45, 7) is 0.0920. The van der Waals surface area contributed by atoms with E-state index in [1.54, 1.807) is 0 Å². The van der Waals surface area contributed by atoms with Crippen LogP contribution >= 0.6 is 0 Å². The number of likely N-dealkylation sites (tertiary alicyclic amines) is 1. The lowest BCUT2D eigenvalue weighted by Gasteiger charge is -2.34. The molecule has 0 aromatic heterocycles. The average molecular weight is 528 g/mol. The second-order valence-corrected chi connectivity index (χ2v) is 8.90. The van der Waals surface area contributed by atoms with Crippen molar-refractivity contribution >= 4 is 40.9 Å². The second-order valence-electron chi connectivity index (χ2n) is 8.90. The first-order chi connectivity index (χ1) is 18.1. The van der Waals surface area contributed by atoms with Gasteiger partial charge in [0, 0.05) is 35.6 Å². The van der Waals surface area contributed by atoms with Gasteiger partial charge in [-0.05, 0) is 55.3 Å². The number of carbonyl (C=O) groups is 4. The van der Waals surface area contributed by atoms with Crippen LogP contribution in [0.3, 0.4) is 0 Å². The van der Waals surface area contributed by atoms with E-state index in [2.05, 4.69) is 5.32 Å². The molecule has 1 unspecified atom stereocenters. The van der Waals surface area contributed by atoms with Gasteiger partial charge in [0.15, 0.2) is 12.2 Å². The summed E-state index contributed by atoms with van der Waals surface area (Å²) in [5, 5.41) is 29.8. The van der Waals surface area contributed by atoms with Gasteiger partial charge in [0.25, 0.3) is 17.7 Å². The van der Waals surface area contributed by atoms with Gasteiger partial charge in [-0.25, -0.2) is 9.18 Å². The number of aliphatic hydroxyl groups is 1. The molecular weight excluding hydrogens is 501 g/mol. The number of carboxylic acid groups (broad SMARTS) is 1. The first-order valence-electron chi connectivity index (χ1n) is 11.8. The summed E-state index contributed by atoms with van der Waals surface area (Å²) in [5.41, 5.74) is 6.00. The summed E-state index contributed by atoms with van der Waals surface area (Å²) in [6, 6.07) is 8.18. The van der Waals surface area contributed by atoms with Gasteiger partial charge < -0.3 is 35.8 Å². The molecule has 0 spiro atoms. The summed E-state index contributed by atoms with van der Waals surface area (Å²) >= 11 is 0. The summed E-state index contributed by atoms with van der Waals surface area (Å²) < 4.78 is 19.9. The number of amides is 3. The topological polar surface area (TPSA) is 186 Å². The predicted octanol–water partition coefficient (Wildman–Crippen LogP) is 0.530. The fourth-order valence-electron chi connectivity index (χ4n) is 4.46. The molecule has 38 heavy (non-hydrogen) atoms. The minimum atomic E-state index is -1.91. The number of amidine groups is 1. The highest BCUT2D eigenvalue weighted by Crippen LogP contribution is 2.26. The molecule has 0 bridgehead atoms. The number of nitrogens with two attached hydrogens (primary N) is 1. The van der Waals surface area contributed by atoms with Crippen molar-refractivity contribution in [1.82, 2.24) is 4.90 Å². The van der Waals surface area contributed by atoms with Crippen LogP contribution in [0.25, 0.3) is 0 Å². The van der Waals surface area contributed by atoms with E-state index < -0.39 is 47.8 Å². The monoisotopic (exact) mass is 527 g/mol. The molecule has 4 rings (SSSR count). The zero-order chi connectivity index (χ0) is 27.6. The van der Waals surface area contributed by atoms with Crippen LogP contribution in [0, 0.1) is 11.2 Å². The maximum absolute atomic E-state index is 14.5. The number of morpholine rings is 1. The molecule has 6 N–H and O–H groups in total. The number of nitrogens with one attached hydrogen (secondary N) is 2. The number of nitrogen functional groups attached to an aromatic ring is 1. The third-order valence-electron chi connectivity index (χ3n) is 6.38. The van der Waals surface area contributed by atoms with Crippen LogP contribution in [-0.2, 0) is 19.1 Å². The van der Waals surface area contributed by atoms with Crippen molar-refractivity contribution in [3.63, 3.8) is 0 Å². The van der Waals surface area contributed by atoms with Crippen molar-refractivity contribution in [3.05, 3.63) is 59.4 Å². The molecule has 2 aliphatic rings. The number of hydrogen-bond donors (Lipinski definition) is 5. The van der Waals surface area contributed by atoms with Crippen LogP contribution in [0.2, 0.25) is 0 Å². The Morgan fingerprint density at radius 2 is 1.84 bits per heavy atom. The molecule has 0 aliphatic carbocycles. The number of carbonyl (C=O) groups excluding carboxylic acids is 3. The van der Waals surface area contributed by atoms with Crippen LogP contribution < -0.4 is 16.0 Å². The average Bonchev–Trinajstić information content (AvgIpc) is 3.38. The Morgan fingerprint density at radius 1 is 1.13 bits per heavy atom. The molecule has 13 heteroatoms. The third-order valence-corrected chi connectivity index (χ3v) is 6.38. The van der Waals surface area contributed by atoms with Crippen LogP contribution in [0.4, 0.5) is 15.8 Å². The van der Waals surface area contributed by atoms with Gasteiger partial charge in [-0.2, -0.15) is 0 Å². The minimum Gasteiger partial charge on any atom is -0.480 e. The quantitative estimate of drug-likeness (QED) is 0.255. The molecule has 3 atom stereocenters. The van der Waals surface area contributed by atoms with E-state index in [0.717, 1.165) is 21.9 Å². The van der Waals surface area contributed by atoms with Gasteiger partial charge in [-0.15, -0.1) is 0 Å². The molecule has 2 aromatic rings. The highest BCUT2D eigenvalue weighted by Gasteiger charge is 2.40. The van der Waals surface area contributed by atoms with Crippen molar-refractivity contribution in [3.8, 4) is 0 Å². The summed E-state index contributed by atoms with van der Waals surface area (Å²) in [5.74, 6) is -4.55. The maximum atomic E-state index is 14.5. The summed E-state index contributed by atoms with van der Waals surface area (Å²) in [6.07, 6.45) is -2.73. The van der Waals surface area contributed by atoms with Gasteiger partial charge in [0.2, 0.25) is 0 Å². The molecular formula is C25H26FN5O7. The molecule has 3 amide bonds. The van der Waals surface area contributed by atoms with Crippen LogP contribution in [0.1, 0.15) is 28.8 Å². The van der Waals surface area contributed by atoms with Gasteiger partial charge in [-0.3, -0.25) is 19.8 Å². The molecule has 2 aliphatic heterocycles. The predicted molar refractivity (Wildman–Crippen MR) is 132 cm³/mol. The van der Waals surface area contributed by atoms with Crippen LogP contribution in [-0.4, -0.2) is 82.6 Å². The molecule has 0 radical (unpaired) electrons. The van der Waals surface area contributed by atoms with Gasteiger partial charge in [0.05, 0.1) is 6.61 Å². The van der Waals surface area contributed by atoms with Gasteiger partial charge in [0.1, 0.15) is 17.7 Å². The van der Waals surface area contributed by atoms with Crippen LogP contribution in [0.15, 0.2) is 42.5 Å². The summed E-state index contributed by atoms with van der Waals surface area (Å²) in [7, 11) is 0. The van der Waals surface area contributed by atoms with Crippen molar-refractivity contribution in [2.45, 2.75) is 31.1 Å². The van der Waals surface area contributed by atoms with E-state index in [9.17, 15) is 33.8 Å². The lowest BCUT2D eigenvalue weighted by molar-refractivity contribution is -0.150. The maximum Gasteiger partial charge on any atom is 0.326 e. The Labute approximate surface area is 216 Å². The largest absolute Gasteiger partial charge is 0.480 e. The molecule has 2 heterocycles. The first kappa shape index (κ1) is 26.7. The Kier molecular flexibility index (Phi) is 7.69. The number of rotatable bonds is 7. The molecule has 0 saturated carbocycles. The van der Waals surface area contributed by atoms with E-state index in [-0.39, 0.29) is 48.9 Å². The standard InChI is InChI=1S/C25H26FN5O7/c26-15-10-14(23(34)31-7-1-2-18(31)25(36)37)11-17(12-15)30-8-9-38-20(24(30)35)19(32)22(33)29-16-5-3-13(4-6-16)21(27)28/h3-6,10-12,18-20,32H,1-2,7-9H2,(H3,27,28)(H,29,33)(H,36,37)/t18?,19-,20-/m1/s1. The first-order valence-corrected chi connectivity index (χ1v) is 11.8. The number of aliphatic carboxylic acids is 1. The second kappa shape index (κ2) is 10.9.